The first-order valence-corrected chi connectivity index (χ1v) is 8.93. The molecule has 1 atom stereocenters. The summed E-state index contributed by atoms with van der Waals surface area (Å²) in [5.74, 6) is 1.33. The van der Waals surface area contributed by atoms with Crippen LogP contribution in [0.5, 0.6) is 0 Å². The molecular formula is C20H26N4O. The minimum Gasteiger partial charge on any atom is -0.351 e. The van der Waals surface area contributed by atoms with Gasteiger partial charge in [-0.05, 0) is 36.0 Å². The maximum Gasteiger partial charge on any atom is 0.225 e. The lowest BCUT2D eigenvalue weighted by Crippen LogP contribution is -2.38. The molecule has 0 aliphatic carbocycles. The first-order chi connectivity index (χ1) is 12.0. The molecular weight excluding hydrogens is 312 g/mol. The molecule has 0 bridgehead atoms. The molecule has 25 heavy (non-hydrogen) atoms. The molecule has 1 aliphatic heterocycles. The van der Waals surface area contributed by atoms with Gasteiger partial charge >= 0.3 is 0 Å². The van der Waals surface area contributed by atoms with Crippen molar-refractivity contribution in [2.45, 2.75) is 45.6 Å². The Labute approximate surface area is 149 Å². The van der Waals surface area contributed by atoms with Crippen LogP contribution >= 0.6 is 0 Å². The highest BCUT2D eigenvalue weighted by Gasteiger charge is 2.25. The molecule has 132 valence electrons. The topological polar surface area (TPSA) is 58.1 Å². The van der Waals surface area contributed by atoms with Crippen LogP contribution in [-0.2, 0) is 11.2 Å². The predicted octanol–water partition coefficient (Wildman–Crippen LogP) is 2.85. The number of nitrogens with one attached hydrogen (secondary N) is 1. The number of hydrogen-bond acceptors (Lipinski definition) is 4. The van der Waals surface area contributed by atoms with E-state index in [0.717, 1.165) is 36.6 Å². The van der Waals surface area contributed by atoms with Gasteiger partial charge in [-0.2, -0.15) is 0 Å². The summed E-state index contributed by atoms with van der Waals surface area (Å²) in [6.45, 7) is 7.96. The van der Waals surface area contributed by atoms with Crippen molar-refractivity contribution >= 4 is 11.9 Å². The van der Waals surface area contributed by atoms with Crippen LogP contribution in [0.15, 0.2) is 36.7 Å². The van der Waals surface area contributed by atoms with E-state index >= 15 is 0 Å². The molecule has 1 amide bonds. The Morgan fingerprint density at radius 1 is 1.24 bits per heavy atom. The Balaban J connectivity index is 1.51. The van der Waals surface area contributed by atoms with E-state index in [1.165, 1.54) is 5.56 Å². The molecule has 3 rings (SSSR count). The van der Waals surface area contributed by atoms with Crippen molar-refractivity contribution in [3.63, 3.8) is 0 Å². The fourth-order valence-electron chi connectivity index (χ4n) is 3.09. The van der Waals surface area contributed by atoms with Gasteiger partial charge in [-0.3, -0.25) is 4.79 Å². The highest BCUT2D eigenvalue weighted by Crippen LogP contribution is 2.17. The molecule has 1 aromatic carbocycles. The fraction of sp³-hybridized carbons (Fsp3) is 0.450. The molecule has 2 heterocycles. The number of hydrogen-bond donors (Lipinski definition) is 1. The minimum atomic E-state index is 0.0778. The van der Waals surface area contributed by atoms with Gasteiger partial charge in [0.1, 0.15) is 0 Å². The van der Waals surface area contributed by atoms with Crippen LogP contribution in [0, 0.1) is 6.92 Å². The highest BCUT2D eigenvalue weighted by molar-refractivity contribution is 5.79. The molecule has 0 spiro atoms. The Morgan fingerprint density at radius 3 is 2.56 bits per heavy atom. The lowest BCUT2D eigenvalue weighted by Gasteiger charge is -2.17. The quantitative estimate of drug-likeness (QED) is 0.911. The van der Waals surface area contributed by atoms with E-state index in [2.05, 4.69) is 58.3 Å². The van der Waals surface area contributed by atoms with Crippen LogP contribution in [0.25, 0.3) is 0 Å². The van der Waals surface area contributed by atoms with Gasteiger partial charge < -0.3 is 10.2 Å². The van der Waals surface area contributed by atoms with E-state index in [0.29, 0.717) is 12.3 Å². The molecule has 2 aromatic rings. The predicted molar refractivity (Wildman–Crippen MR) is 99.8 cm³/mol. The maximum atomic E-state index is 12.3. The van der Waals surface area contributed by atoms with E-state index in [4.69, 9.17) is 0 Å². The molecule has 0 radical (unpaired) electrons. The van der Waals surface area contributed by atoms with Gasteiger partial charge in [0, 0.05) is 31.5 Å². The summed E-state index contributed by atoms with van der Waals surface area (Å²) in [7, 11) is 0. The monoisotopic (exact) mass is 338 g/mol. The van der Waals surface area contributed by atoms with Crippen LogP contribution in [0.4, 0.5) is 5.95 Å². The van der Waals surface area contributed by atoms with Gasteiger partial charge in [0.25, 0.3) is 0 Å². The molecule has 1 aromatic heterocycles. The van der Waals surface area contributed by atoms with E-state index in [-0.39, 0.29) is 11.9 Å². The van der Waals surface area contributed by atoms with Crippen LogP contribution in [-0.4, -0.2) is 35.0 Å². The summed E-state index contributed by atoms with van der Waals surface area (Å²) >= 11 is 0. The Bertz CT molecular complexity index is 709. The number of nitrogens with zero attached hydrogens (tertiary/aromatic N) is 3. The second-order valence-corrected chi connectivity index (χ2v) is 7.13. The molecule has 5 heteroatoms. The van der Waals surface area contributed by atoms with Crippen molar-refractivity contribution in [2.24, 2.45) is 0 Å². The lowest BCUT2D eigenvalue weighted by molar-refractivity contribution is -0.121. The van der Waals surface area contributed by atoms with E-state index in [9.17, 15) is 4.79 Å². The largest absolute Gasteiger partial charge is 0.351 e. The van der Waals surface area contributed by atoms with Crippen molar-refractivity contribution in [1.82, 2.24) is 15.3 Å². The zero-order chi connectivity index (χ0) is 17.8. The molecule has 1 saturated heterocycles. The summed E-state index contributed by atoms with van der Waals surface area (Å²) in [5.41, 5.74) is 3.41. The molecule has 5 nitrogen and oxygen atoms in total. The second-order valence-electron chi connectivity index (χ2n) is 7.13. The van der Waals surface area contributed by atoms with E-state index < -0.39 is 0 Å². The average molecular weight is 338 g/mol. The first kappa shape index (κ1) is 17.4. The van der Waals surface area contributed by atoms with E-state index in [1.807, 2.05) is 19.3 Å². The Kier molecular flexibility index (Phi) is 5.31. The van der Waals surface area contributed by atoms with Gasteiger partial charge in [0.05, 0.1) is 6.42 Å². The number of benzene rings is 1. The first-order valence-electron chi connectivity index (χ1n) is 8.93. The average Bonchev–Trinajstić information content (AvgIpc) is 3.04. The summed E-state index contributed by atoms with van der Waals surface area (Å²) in [4.78, 5) is 23.2. The van der Waals surface area contributed by atoms with Gasteiger partial charge in [-0.1, -0.05) is 38.1 Å². The van der Waals surface area contributed by atoms with Crippen LogP contribution < -0.4 is 10.2 Å². The number of rotatable bonds is 5. The molecule has 1 aliphatic rings. The van der Waals surface area contributed by atoms with Crippen LogP contribution in [0.3, 0.4) is 0 Å². The van der Waals surface area contributed by atoms with Crippen molar-refractivity contribution in [2.75, 3.05) is 18.0 Å². The van der Waals surface area contributed by atoms with Crippen molar-refractivity contribution < 1.29 is 4.79 Å². The zero-order valence-electron chi connectivity index (χ0n) is 15.2. The van der Waals surface area contributed by atoms with Crippen molar-refractivity contribution in [3.05, 3.63) is 53.3 Å². The van der Waals surface area contributed by atoms with Gasteiger partial charge in [0.2, 0.25) is 11.9 Å². The normalized spacial score (nSPS) is 17.1. The van der Waals surface area contributed by atoms with Gasteiger partial charge in [-0.15, -0.1) is 0 Å². The van der Waals surface area contributed by atoms with Gasteiger partial charge in [0.15, 0.2) is 0 Å². The van der Waals surface area contributed by atoms with Crippen LogP contribution in [0.2, 0.25) is 0 Å². The van der Waals surface area contributed by atoms with Crippen molar-refractivity contribution in [1.29, 1.82) is 0 Å². The van der Waals surface area contributed by atoms with E-state index in [1.54, 1.807) is 0 Å². The van der Waals surface area contributed by atoms with Crippen molar-refractivity contribution in [3.8, 4) is 0 Å². The Hall–Kier alpha value is -2.43. The third-order valence-electron chi connectivity index (χ3n) is 4.61. The highest BCUT2D eigenvalue weighted by atomic mass is 16.1. The summed E-state index contributed by atoms with van der Waals surface area (Å²) < 4.78 is 0. The standard InChI is InChI=1S/C20H26N4O/c1-14(2)17-6-4-16(5-7-17)10-19(25)23-18-8-9-24(13-18)20-21-11-15(3)12-22-20/h4-7,11-12,14,18H,8-10,13H2,1-3H3,(H,23,25)/t18-/m1/s1. The third kappa shape index (κ3) is 4.56. The summed E-state index contributed by atoms with van der Waals surface area (Å²) in [5, 5.41) is 3.14. The zero-order valence-corrected chi connectivity index (χ0v) is 15.2. The van der Waals surface area contributed by atoms with Gasteiger partial charge in [-0.25, -0.2) is 9.97 Å². The molecule has 1 N–H and O–H groups in total. The maximum absolute atomic E-state index is 12.3. The van der Waals surface area contributed by atoms with Crippen LogP contribution in [0.1, 0.15) is 42.9 Å². The summed E-state index contributed by atoms with van der Waals surface area (Å²) in [6, 6.07) is 8.48. The fourth-order valence-corrected chi connectivity index (χ4v) is 3.09. The molecule has 1 fully saturated rings. The minimum absolute atomic E-state index is 0.0778. The lowest BCUT2D eigenvalue weighted by atomic mass is 10.0. The summed E-state index contributed by atoms with van der Waals surface area (Å²) in [6.07, 6.45) is 5.01. The molecule has 0 saturated carbocycles. The number of carbonyl (C=O) groups excluding carboxylic acids is 1. The number of amides is 1. The number of aromatic nitrogens is 2. The molecule has 0 unspecified atom stereocenters. The number of aryl methyl sites for hydroxylation is 1. The number of carbonyl (C=O) groups is 1. The number of anilines is 1. The third-order valence-corrected chi connectivity index (χ3v) is 4.61. The smallest absolute Gasteiger partial charge is 0.225 e. The second kappa shape index (κ2) is 7.64. The SMILES string of the molecule is Cc1cnc(N2CC[C@@H](NC(=O)Cc3ccc(C(C)C)cc3)C2)nc1. The Morgan fingerprint density at radius 2 is 1.92 bits per heavy atom.